The summed E-state index contributed by atoms with van der Waals surface area (Å²) in [5, 5.41) is 14.5. The van der Waals surface area contributed by atoms with Crippen molar-refractivity contribution < 1.29 is 17.6 Å². The molecular weight excluding hydrogens is 468 g/mol. The van der Waals surface area contributed by atoms with Crippen molar-refractivity contribution in [3.8, 4) is 0 Å². The van der Waals surface area contributed by atoms with Crippen molar-refractivity contribution in [1.29, 1.82) is 0 Å². The van der Waals surface area contributed by atoms with Crippen LogP contribution in [0.4, 0.5) is 11.5 Å². The maximum atomic E-state index is 12.5. The summed E-state index contributed by atoms with van der Waals surface area (Å²) >= 11 is 5.65. The molecule has 0 aliphatic carbocycles. The molecule has 0 bridgehead atoms. The molecule has 0 unspecified atom stereocenters. The lowest BCUT2D eigenvalue weighted by atomic mass is 10.3. The summed E-state index contributed by atoms with van der Waals surface area (Å²) < 4.78 is 34.7. The summed E-state index contributed by atoms with van der Waals surface area (Å²) in [4.78, 5) is 12.5. The van der Waals surface area contributed by atoms with Crippen LogP contribution >= 0.6 is 11.6 Å². The summed E-state index contributed by atoms with van der Waals surface area (Å²) in [5.74, 6) is 0.293. The van der Waals surface area contributed by atoms with Crippen LogP contribution in [0.2, 0.25) is 5.15 Å². The van der Waals surface area contributed by atoms with Crippen LogP contribution in [-0.2, 0) is 16.6 Å². The summed E-state index contributed by atoms with van der Waals surface area (Å²) in [5.41, 5.74) is 2.29. The molecule has 0 fully saturated rings. The van der Waals surface area contributed by atoms with Gasteiger partial charge in [-0.2, -0.15) is 5.10 Å². The number of nitrogens with one attached hydrogen (secondary N) is 2. The van der Waals surface area contributed by atoms with Gasteiger partial charge in [-0.15, -0.1) is 10.2 Å². The molecular formula is C21H19ClN6O4S. The molecule has 33 heavy (non-hydrogen) atoms. The molecule has 0 radical (unpaired) electrons. The van der Waals surface area contributed by atoms with Crippen molar-refractivity contribution in [3.05, 3.63) is 82.7 Å². The average molecular weight is 487 g/mol. The minimum atomic E-state index is -3.89. The Balaban J connectivity index is 1.40. The standard InChI is InChI=1S/C21H19ClN6O4S/c1-13-11-14(2)28(26-13)12-16-5-8-18(32-16)21(29)23-15-3-6-17(7-4-15)33(30,31)27-20-10-9-19(22)24-25-20/h3-11H,12H2,1-2H3,(H,23,29)(H,25,27). The van der Waals surface area contributed by atoms with Gasteiger partial charge in [0.05, 0.1) is 17.1 Å². The van der Waals surface area contributed by atoms with E-state index in [0.29, 0.717) is 18.0 Å². The van der Waals surface area contributed by atoms with Gasteiger partial charge in [0, 0.05) is 11.4 Å². The van der Waals surface area contributed by atoms with Gasteiger partial charge in [-0.3, -0.25) is 14.2 Å². The number of halogens is 1. The number of amides is 1. The Morgan fingerprint density at radius 1 is 1.06 bits per heavy atom. The normalized spacial score (nSPS) is 11.4. The number of hydrogen-bond donors (Lipinski definition) is 2. The van der Waals surface area contributed by atoms with E-state index in [0.717, 1.165) is 11.4 Å². The Morgan fingerprint density at radius 3 is 2.45 bits per heavy atom. The maximum absolute atomic E-state index is 12.5. The van der Waals surface area contributed by atoms with Gasteiger partial charge in [0.2, 0.25) is 0 Å². The molecule has 1 aromatic carbocycles. The summed E-state index contributed by atoms with van der Waals surface area (Å²) in [6, 6.07) is 13.7. The highest BCUT2D eigenvalue weighted by Crippen LogP contribution is 2.19. The van der Waals surface area contributed by atoms with Crippen molar-refractivity contribution >= 4 is 39.0 Å². The average Bonchev–Trinajstić information content (AvgIpc) is 3.36. The van der Waals surface area contributed by atoms with Gasteiger partial charge >= 0.3 is 0 Å². The maximum Gasteiger partial charge on any atom is 0.291 e. The van der Waals surface area contributed by atoms with Crippen molar-refractivity contribution in [1.82, 2.24) is 20.0 Å². The zero-order valence-corrected chi connectivity index (χ0v) is 19.2. The van der Waals surface area contributed by atoms with E-state index >= 15 is 0 Å². The van der Waals surface area contributed by atoms with Crippen LogP contribution in [0.15, 0.2) is 63.9 Å². The van der Waals surface area contributed by atoms with Gasteiger partial charge in [0.1, 0.15) is 5.76 Å². The molecule has 3 aromatic heterocycles. The first kappa shape index (κ1) is 22.5. The molecule has 0 aliphatic heterocycles. The monoisotopic (exact) mass is 486 g/mol. The zero-order chi connectivity index (χ0) is 23.6. The van der Waals surface area contributed by atoms with E-state index in [1.54, 1.807) is 16.8 Å². The number of aryl methyl sites for hydroxylation is 2. The molecule has 4 rings (SSSR count). The van der Waals surface area contributed by atoms with Crippen LogP contribution < -0.4 is 10.0 Å². The van der Waals surface area contributed by atoms with Crippen LogP contribution in [-0.4, -0.2) is 34.3 Å². The fourth-order valence-corrected chi connectivity index (χ4v) is 4.14. The Hall–Kier alpha value is -3.70. The van der Waals surface area contributed by atoms with E-state index < -0.39 is 15.9 Å². The summed E-state index contributed by atoms with van der Waals surface area (Å²) in [6.45, 7) is 4.26. The number of carbonyl (C=O) groups is 1. The fourth-order valence-electron chi connectivity index (χ4n) is 3.04. The van der Waals surface area contributed by atoms with E-state index in [1.165, 1.54) is 36.4 Å². The van der Waals surface area contributed by atoms with Crippen LogP contribution in [0.5, 0.6) is 0 Å². The van der Waals surface area contributed by atoms with E-state index in [1.807, 2.05) is 19.9 Å². The fraction of sp³-hybridized carbons (Fsp3) is 0.143. The molecule has 10 nitrogen and oxygen atoms in total. The second-order valence-corrected chi connectivity index (χ2v) is 9.25. The van der Waals surface area contributed by atoms with Crippen molar-refractivity contribution in [2.24, 2.45) is 0 Å². The second-order valence-electron chi connectivity index (χ2n) is 7.18. The van der Waals surface area contributed by atoms with Crippen LogP contribution in [0.3, 0.4) is 0 Å². The second kappa shape index (κ2) is 9.04. The van der Waals surface area contributed by atoms with Crippen LogP contribution in [0, 0.1) is 13.8 Å². The molecule has 0 saturated carbocycles. The number of nitrogens with zero attached hydrogens (tertiary/aromatic N) is 4. The molecule has 0 atom stereocenters. The van der Waals surface area contributed by atoms with Gasteiger partial charge < -0.3 is 9.73 Å². The van der Waals surface area contributed by atoms with E-state index in [4.69, 9.17) is 16.0 Å². The SMILES string of the molecule is Cc1cc(C)n(Cc2ccc(C(=O)Nc3ccc(S(=O)(=O)Nc4ccc(Cl)nn4)cc3)o2)n1. The number of anilines is 2. The van der Waals surface area contributed by atoms with Crippen molar-refractivity contribution in [2.75, 3.05) is 10.0 Å². The quantitative estimate of drug-likeness (QED) is 0.407. The highest BCUT2D eigenvalue weighted by atomic mass is 35.5. The first-order valence-electron chi connectivity index (χ1n) is 9.73. The van der Waals surface area contributed by atoms with E-state index in [-0.39, 0.29) is 21.6 Å². The van der Waals surface area contributed by atoms with Gasteiger partial charge in [0.15, 0.2) is 16.7 Å². The Bertz CT molecular complexity index is 1400. The predicted molar refractivity (Wildman–Crippen MR) is 122 cm³/mol. The first-order chi connectivity index (χ1) is 15.7. The number of furan rings is 1. The van der Waals surface area contributed by atoms with Crippen LogP contribution in [0.25, 0.3) is 0 Å². The molecule has 0 aliphatic rings. The zero-order valence-electron chi connectivity index (χ0n) is 17.6. The molecule has 2 N–H and O–H groups in total. The molecule has 170 valence electrons. The molecule has 3 heterocycles. The van der Waals surface area contributed by atoms with E-state index in [2.05, 4.69) is 25.3 Å². The number of hydrogen-bond acceptors (Lipinski definition) is 7. The van der Waals surface area contributed by atoms with Gasteiger partial charge in [0.25, 0.3) is 15.9 Å². The minimum absolute atomic E-state index is 0.0116. The Morgan fingerprint density at radius 2 is 1.82 bits per heavy atom. The van der Waals surface area contributed by atoms with Gasteiger partial charge in [-0.1, -0.05) is 11.6 Å². The summed E-state index contributed by atoms with van der Waals surface area (Å²) in [7, 11) is -3.89. The number of carbonyl (C=O) groups excluding carboxylic acids is 1. The number of sulfonamides is 1. The lowest BCUT2D eigenvalue weighted by molar-refractivity contribution is 0.0994. The highest BCUT2D eigenvalue weighted by Gasteiger charge is 2.17. The molecule has 1 amide bonds. The topological polar surface area (TPSA) is 132 Å². The molecule has 12 heteroatoms. The number of aromatic nitrogens is 4. The smallest absolute Gasteiger partial charge is 0.291 e. The molecule has 0 spiro atoms. The third-order valence-corrected chi connectivity index (χ3v) is 6.16. The lowest BCUT2D eigenvalue weighted by Crippen LogP contribution is -2.15. The van der Waals surface area contributed by atoms with Crippen LogP contribution in [0.1, 0.15) is 27.7 Å². The number of rotatable bonds is 7. The number of benzene rings is 1. The first-order valence-corrected chi connectivity index (χ1v) is 11.6. The highest BCUT2D eigenvalue weighted by molar-refractivity contribution is 7.92. The molecule has 4 aromatic rings. The largest absolute Gasteiger partial charge is 0.454 e. The Labute approximate surface area is 194 Å². The van der Waals surface area contributed by atoms with E-state index in [9.17, 15) is 13.2 Å². The van der Waals surface area contributed by atoms with Crippen molar-refractivity contribution in [2.45, 2.75) is 25.3 Å². The van der Waals surface area contributed by atoms with Crippen molar-refractivity contribution in [3.63, 3.8) is 0 Å². The minimum Gasteiger partial charge on any atom is -0.454 e. The third-order valence-electron chi connectivity index (χ3n) is 4.59. The predicted octanol–water partition coefficient (Wildman–Crippen LogP) is 3.64. The summed E-state index contributed by atoms with van der Waals surface area (Å²) in [6.07, 6.45) is 0. The Kier molecular flexibility index (Phi) is 6.16. The third kappa shape index (κ3) is 5.38. The molecule has 0 saturated heterocycles. The van der Waals surface area contributed by atoms with Gasteiger partial charge in [-0.25, -0.2) is 8.42 Å². The lowest BCUT2D eigenvalue weighted by Gasteiger charge is -2.08. The van der Waals surface area contributed by atoms with Gasteiger partial charge in [-0.05, 0) is 68.4 Å².